The van der Waals surface area contributed by atoms with Gasteiger partial charge in [0.2, 0.25) is 5.91 Å². The Morgan fingerprint density at radius 2 is 1.84 bits per heavy atom. The summed E-state index contributed by atoms with van der Waals surface area (Å²) in [5.41, 5.74) is 5.85. The molecule has 0 saturated heterocycles. The molecule has 0 radical (unpaired) electrons. The number of aldehydes is 1. The predicted molar refractivity (Wildman–Crippen MR) is 126 cm³/mol. The quantitative estimate of drug-likeness (QED) is 0.130. The van der Waals surface area contributed by atoms with Crippen LogP contribution >= 0.6 is 36.4 Å². The number of rotatable bonds is 8. The molecule has 0 aromatic heterocycles. The molecule has 11 heteroatoms. The van der Waals surface area contributed by atoms with E-state index in [-0.39, 0.29) is 11.5 Å². The minimum atomic E-state index is -0.869. The van der Waals surface area contributed by atoms with Crippen molar-refractivity contribution < 1.29 is 19.1 Å². The summed E-state index contributed by atoms with van der Waals surface area (Å²) in [6, 6.07) is 13.4. The molecule has 0 saturated carbocycles. The summed E-state index contributed by atoms with van der Waals surface area (Å²) < 4.78 is 5.04. The number of para-hydroxylation sites is 1. The highest BCUT2D eigenvalue weighted by atomic mass is 35.5. The SMILES string of the molecule is COc1ccc(C(=O)NC(S)C(C=O)CC(=O)NNC(=S)Nc2ccccc2Cl)cc1. The average Bonchev–Trinajstić information content (AvgIpc) is 2.77. The number of amides is 2. The molecule has 2 amide bonds. The third-order valence-electron chi connectivity index (χ3n) is 4.07. The van der Waals surface area contributed by atoms with Crippen LogP contribution in [0.5, 0.6) is 5.75 Å². The summed E-state index contributed by atoms with van der Waals surface area (Å²) in [6.45, 7) is 0. The van der Waals surface area contributed by atoms with Crippen molar-refractivity contribution >= 4 is 65.3 Å². The van der Waals surface area contributed by atoms with Crippen LogP contribution in [0.4, 0.5) is 5.69 Å². The van der Waals surface area contributed by atoms with Gasteiger partial charge in [0.25, 0.3) is 5.91 Å². The van der Waals surface area contributed by atoms with Crippen LogP contribution < -0.4 is 26.2 Å². The Morgan fingerprint density at radius 3 is 2.45 bits per heavy atom. The number of carbonyl (C=O) groups excluding carboxylic acids is 3. The van der Waals surface area contributed by atoms with Gasteiger partial charge in [0.05, 0.1) is 29.1 Å². The standard InChI is InChI=1S/C20H21ClN4O4S2/c1-29-14-8-6-12(7-9-14)18(28)23-19(30)13(11-26)10-17(27)24-25-20(31)22-16-5-3-2-4-15(16)21/h2-9,11,13,19,30H,10H2,1H3,(H,23,28)(H,24,27)(H2,22,25,31). The van der Waals surface area contributed by atoms with Gasteiger partial charge in [0, 0.05) is 12.0 Å². The molecule has 0 spiro atoms. The maximum atomic E-state index is 12.3. The summed E-state index contributed by atoms with van der Waals surface area (Å²) in [4.78, 5) is 35.9. The normalized spacial score (nSPS) is 12.1. The number of thiocarbonyl (C=S) groups is 1. The van der Waals surface area contributed by atoms with Crippen molar-refractivity contribution in [2.75, 3.05) is 12.4 Å². The molecular weight excluding hydrogens is 460 g/mol. The van der Waals surface area contributed by atoms with E-state index in [0.29, 0.717) is 28.3 Å². The lowest BCUT2D eigenvalue weighted by Gasteiger charge is -2.20. The van der Waals surface area contributed by atoms with E-state index in [9.17, 15) is 14.4 Å². The summed E-state index contributed by atoms with van der Waals surface area (Å²) >= 11 is 15.4. The second kappa shape index (κ2) is 12.1. The minimum Gasteiger partial charge on any atom is -0.497 e. The zero-order chi connectivity index (χ0) is 22.8. The van der Waals surface area contributed by atoms with Gasteiger partial charge in [-0.25, -0.2) is 0 Å². The van der Waals surface area contributed by atoms with Crippen LogP contribution in [0, 0.1) is 5.92 Å². The van der Waals surface area contributed by atoms with Crippen LogP contribution in [0.15, 0.2) is 48.5 Å². The van der Waals surface area contributed by atoms with Crippen LogP contribution in [-0.4, -0.2) is 35.7 Å². The van der Waals surface area contributed by atoms with Crippen LogP contribution in [-0.2, 0) is 9.59 Å². The second-order valence-corrected chi connectivity index (χ2v) is 7.63. The lowest BCUT2D eigenvalue weighted by atomic mass is 10.1. The number of thiol groups is 1. The third-order valence-corrected chi connectivity index (χ3v) is 5.12. The van der Waals surface area contributed by atoms with Gasteiger partial charge < -0.3 is 20.2 Å². The lowest BCUT2D eigenvalue weighted by molar-refractivity contribution is -0.125. The molecule has 31 heavy (non-hydrogen) atoms. The first kappa shape index (κ1) is 24.4. The Labute approximate surface area is 195 Å². The fraction of sp³-hybridized carbons (Fsp3) is 0.200. The Hall–Kier alpha value is -2.82. The molecule has 2 rings (SSSR count). The van der Waals surface area contributed by atoms with Gasteiger partial charge >= 0.3 is 0 Å². The average molecular weight is 481 g/mol. The molecular formula is C20H21ClN4O4S2. The Balaban J connectivity index is 1.82. The van der Waals surface area contributed by atoms with Gasteiger partial charge in [-0.15, -0.1) is 0 Å². The van der Waals surface area contributed by atoms with Crippen molar-refractivity contribution in [2.45, 2.75) is 11.8 Å². The van der Waals surface area contributed by atoms with Crippen molar-refractivity contribution in [2.24, 2.45) is 5.92 Å². The number of hydrogen-bond donors (Lipinski definition) is 5. The number of benzene rings is 2. The van der Waals surface area contributed by atoms with E-state index in [1.165, 1.54) is 7.11 Å². The Morgan fingerprint density at radius 1 is 1.16 bits per heavy atom. The van der Waals surface area contributed by atoms with Crippen molar-refractivity contribution in [3.8, 4) is 5.75 Å². The van der Waals surface area contributed by atoms with Crippen molar-refractivity contribution in [3.63, 3.8) is 0 Å². The summed E-state index contributed by atoms with van der Waals surface area (Å²) in [7, 11) is 1.52. The molecule has 2 aromatic rings. The first-order valence-electron chi connectivity index (χ1n) is 9.02. The van der Waals surface area contributed by atoms with Gasteiger partial charge in [-0.1, -0.05) is 23.7 Å². The summed E-state index contributed by atoms with van der Waals surface area (Å²) in [5.74, 6) is -1.20. The van der Waals surface area contributed by atoms with E-state index in [1.807, 2.05) is 0 Å². The van der Waals surface area contributed by atoms with Crippen LogP contribution in [0.2, 0.25) is 5.02 Å². The van der Waals surface area contributed by atoms with Crippen LogP contribution in [0.25, 0.3) is 0 Å². The molecule has 2 atom stereocenters. The molecule has 2 aromatic carbocycles. The van der Waals surface area contributed by atoms with Gasteiger partial charge in [0.15, 0.2) is 5.11 Å². The van der Waals surface area contributed by atoms with Crippen LogP contribution in [0.1, 0.15) is 16.8 Å². The maximum Gasteiger partial charge on any atom is 0.252 e. The number of hydrogen-bond acceptors (Lipinski definition) is 6. The Kier molecular flexibility index (Phi) is 9.57. The van der Waals surface area contributed by atoms with Crippen molar-refractivity contribution in [3.05, 3.63) is 59.1 Å². The van der Waals surface area contributed by atoms with Gasteiger partial charge in [0.1, 0.15) is 12.0 Å². The highest BCUT2D eigenvalue weighted by Crippen LogP contribution is 2.20. The molecule has 0 bridgehead atoms. The van der Waals surface area contributed by atoms with E-state index in [0.717, 1.165) is 0 Å². The second-order valence-electron chi connectivity index (χ2n) is 6.26. The molecule has 0 aliphatic heterocycles. The monoisotopic (exact) mass is 480 g/mol. The van der Waals surface area contributed by atoms with Gasteiger partial charge in [-0.3, -0.25) is 20.4 Å². The summed E-state index contributed by atoms with van der Waals surface area (Å²) in [5, 5.41) is 5.13. The maximum absolute atomic E-state index is 12.3. The molecule has 0 fully saturated rings. The van der Waals surface area contributed by atoms with Gasteiger partial charge in [-0.2, -0.15) is 12.6 Å². The van der Waals surface area contributed by atoms with Crippen molar-refractivity contribution in [1.29, 1.82) is 0 Å². The molecule has 164 valence electrons. The number of halogens is 1. The first-order chi connectivity index (χ1) is 14.8. The zero-order valence-corrected chi connectivity index (χ0v) is 18.9. The Bertz CT molecular complexity index is 943. The number of methoxy groups -OCH3 is 1. The number of carbonyl (C=O) groups is 3. The lowest BCUT2D eigenvalue weighted by Crippen LogP contribution is -2.46. The first-order valence-corrected chi connectivity index (χ1v) is 10.3. The molecule has 2 unspecified atom stereocenters. The van der Waals surface area contributed by atoms with E-state index < -0.39 is 23.1 Å². The molecule has 0 heterocycles. The molecule has 8 nitrogen and oxygen atoms in total. The summed E-state index contributed by atoms with van der Waals surface area (Å²) in [6.07, 6.45) is 0.341. The fourth-order valence-electron chi connectivity index (χ4n) is 2.41. The highest BCUT2D eigenvalue weighted by molar-refractivity contribution is 7.81. The van der Waals surface area contributed by atoms with E-state index in [1.54, 1.807) is 48.5 Å². The van der Waals surface area contributed by atoms with E-state index in [4.69, 9.17) is 28.6 Å². The zero-order valence-electron chi connectivity index (χ0n) is 16.4. The molecule has 0 aliphatic rings. The predicted octanol–water partition coefficient (Wildman–Crippen LogP) is 2.56. The van der Waals surface area contributed by atoms with Crippen LogP contribution in [0.3, 0.4) is 0 Å². The number of nitrogens with one attached hydrogen (secondary N) is 4. The van der Waals surface area contributed by atoms with E-state index in [2.05, 4.69) is 34.1 Å². The topological polar surface area (TPSA) is 109 Å². The van der Waals surface area contributed by atoms with E-state index >= 15 is 0 Å². The molecule has 4 N–H and O–H groups in total. The largest absolute Gasteiger partial charge is 0.497 e. The third kappa shape index (κ3) is 7.74. The van der Waals surface area contributed by atoms with Gasteiger partial charge in [-0.05, 0) is 48.6 Å². The smallest absolute Gasteiger partial charge is 0.252 e. The fourth-order valence-corrected chi connectivity index (χ4v) is 3.05. The number of ether oxygens (including phenoxy) is 1. The highest BCUT2D eigenvalue weighted by Gasteiger charge is 2.23. The molecule has 0 aliphatic carbocycles. The minimum absolute atomic E-state index is 0.110. The van der Waals surface area contributed by atoms with Crippen molar-refractivity contribution in [1.82, 2.24) is 16.2 Å². The number of hydrazine groups is 1. The number of anilines is 1.